The first-order valence-corrected chi connectivity index (χ1v) is 14.9. The average molecular weight is 563 g/mol. The summed E-state index contributed by atoms with van der Waals surface area (Å²) in [6, 6.07) is 22.0. The summed E-state index contributed by atoms with van der Waals surface area (Å²) in [5, 5.41) is 5.68. The van der Waals surface area contributed by atoms with Gasteiger partial charge in [-0.25, -0.2) is 18.7 Å². The van der Waals surface area contributed by atoms with Crippen molar-refractivity contribution in [2.24, 2.45) is 12.9 Å². The molecule has 0 radical (unpaired) electrons. The van der Waals surface area contributed by atoms with Crippen LogP contribution in [0.4, 0.5) is 21.5 Å². The number of nitrogens with two attached hydrogens (primary N) is 1. The van der Waals surface area contributed by atoms with Crippen molar-refractivity contribution >= 4 is 27.1 Å². The number of anilines is 3. The highest BCUT2D eigenvalue weighted by molar-refractivity contribution is 7.89. The standard InChI is InChI=1S/C30H35FN6O2S/c1-3-7-24-19-27(14-15-30(24)37(32)26-12-10-25(31)11-13-26)35-16-17-36(40(38,39)29-20-33-34(2)22-29)28(21-35)18-23-8-5-4-6-9-23/h4-6,8-15,19-20,22,28H,3,7,16-18,21,32H2,1-2H3/t28-/m1/s1. The Bertz CT molecular complexity index is 1540. The number of hydrogen-bond acceptors (Lipinski definition) is 6. The van der Waals surface area contributed by atoms with Crippen LogP contribution in [0.5, 0.6) is 0 Å². The molecule has 1 saturated heterocycles. The average Bonchev–Trinajstić information content (AvgIpc) is 3.41. The van der Waals surface area contributed by atoms with Crippen LogP contribution in [-0.2, 0) is 29.9 Å². The summed E-state index contributed by atoms with van der Waals surface area (Å²) in [5.41, 5.74) is 4.74. The van der Waals surface area contributed by atoms with Crippen molar-refractivity contribution in [1.82, 2.24) is 14.1 Å². The molecule has 1 fully saturated rings. The van der Waals surface area contributed by atoms with Gasteiger partial charge in [-0.05, 0) is 66.4 Å². The van der Waals surface area contributed by atoms with E-state index in [1.165, 1.54) is 23.0 Å². The summed E-state index contributed by atoms with van der Waals surface area (Å²) in [4.78, 5) is 2.46. The third-order valence-corrected chi connectivity index (χ3v) is 9.25. The fourth-order valence-corrected chi connectivity index (χ4v) is 6.92. The summed E-state index contributed by atoms with van der Waals surface area (Å²) < 4.78 is 44.0. The molecule has 0 aliphatic carbocycles. The monoisotopic (exact) mass is 562 g/mol. The van der Waals surface area contributed by atoms with Crippen molar-refractivity contribution in [2.75, 3.05) is 29.5 Å². The topological polar surface area (TPSA) is 87.7 Å². The molecule has 1 atom stereocenters. The minimum Gasteiger partial charge on any atom is -0.369 e. The van der Waals surface area contributed by atoms with Crippen LogP contribution in [-0.4, -0.2) is 48.2 Å². The molecule has 0 saturated carbocycles. The Hall–Kier alpha value is -3.73. The summed E-state index contributed by atoms with van der Waals surface area (Å²) in [6.07, 6.45) is 5.31. The Kier molecular flexibility index (Phi) is 8.20. The van der Waals surface area contributed by atoms with Crippen LogP contribution in [0.2, 0.25) is 0 Å². The molecular formula is C30H35FN6O2S. The van der Waals surface area contributed by atoms with Crippen molar-refractivity contribution in [2.45, 2.75) is 37.1 Å². The fourth-order valence-electron chi connectivity index (χ4n) is 5.32. The van der Waals surface area contributed by atoms with Crippen LogP contribution < -0.4 is 15.8 Å². The third-order valence-electron chi connectivity index (χ3n) is 7.34. The Labute approximate surface area is 235 Å². The van der Waals surface area contributed by atoms with Gasteiger partial charge in [0.25, 0.3) is 0 Å². The lowest BCUT2D eigenvalue weighted by molar-refractivity contribution is 0.288. The van der Waals surface area contributed by atoms with Crippen molar-refractivity contribution in [1.29, 1.82) is 0 Å². The number of hydrogen-bond donors (Lipinski definition) is 1. The number of piperazine rings is 1. The molecule has 0 bridgehead atoms. The minimum atomic E-state index is -3.71. The number of nitrogens with zero attached hydrogens (tertiary/aromatic N) is 5. The lowest BCUT2D eigenvalue weighted by atomic mass is 10.0. The van der Waals surface area contributed by atoms with Gasteiger partial charge in [-0.15, -0.1) is 0 Å². The Morgan fingerprint density at radius 1 is 1.05 bits per heavy atom. The smallest absolute Gasteiger partial charge is 0.246 e. The molecule has 10 heteroatoms. The second-order valence-corrected chi connectivity index (χ2v) is 12.1. The van der Waals surface area contributed by atoms with Crippen LogP contribution >= 0.6 is 0 Å². The fraction of sp³-hybridized carbons (Fsp3) is 0.300. The van der Waals surface area contributed by atoms with E-state index in [4.69, 9.17) is 5.84 Å². The molecule has 5 rings (SSSR count). The minimum absolute atomic E-state index is 0.208. The second kappa shape index (κ2) is 11.8. The van der Waals surface area contributed by atoms with Crippen molar-refractivity contribution < 1.29 is 12.8 Å². The predicted octanol–water partition coefficient (Wildman–Crippen LogP) is 4.65. The van der Waals surface area contributed by atoms with Crippen LogP contribution in [0.1, 0.15) is 24.5 Å². The zero-order chi connectivity index (χ0) is 28.3. The molecule has 1 aliphatic heterocycles. The maximum Gasteiger partial charge on any atom is 0.246 e. The Balaban J connectivity index is 1.44. The predicted molar refractivity (Wildman–Crippen MR) is 156 cm³/mol. The maximum atomic E-state index is 13.7. The van der Waals surface area contributed by atoms with Gasteiger partial charge in [0.1, 0.15) is 10.7 Å². The molecule has 2 N–H and O–H groups in total. The summed E-state index contributed by atoms with van der Waals surface area (Å²) in [5.74, 6) is 6.16. The highest BCUT2D eigenvalue weighted by Crippen LogP contribution is 2.32. The van der Waals surface area contributed by atoms with Crippen LogP contribution in [0.3, 0.4) is 0 Å². The van der Waals surface area contributed by atoms with Gasteiger partial charge in [0.2, 0.25) is 10.0 Å². The van der Waals surface area contributed by atoms with Crippen LogP contribution in [0.25, 0.3) is 0 Å². The van der Waals surface area contributed by atoms with Gasteiger partial charge >= 0.3 is 0 Å². The van der Waals surface area contributed by atoms with E-state index in [1.807, 2.05) is 42.5 Å². The molecule has 210 valence electrons. The van der Waals surface area contributed by atoms with E-state index >= 15 is 0 Å². The van der Waals surface area contributed by atoms with E-state index < -0.39 is 10.0 Å². The molecule has 4 aromatic rings. The zero-order valence-corrected chi connectivity index (χ0v) is 23.6. The van der Waals surface area contributed by atoms with E-state index in [0.717, 1.165) is 35.3 Å². The molecular weight excluding hydrogens is 527 g/mol. The van der Waals surface area contributed by atoms with Gasteiger partial charge in [0.15, 0.2) is 0 Å². The van der Waals surface area contributed by atoms with Crippen LogP contribution in [0.15, 0.2) is 90.1 Å². The van der Waals surface area contributed by atoms with Crippen LogP contribution in [0, 0.1) is 5.82 Å². The summed E-state index contributed by atoms with van der Waals surface area (Å²) in [7, 11) is -1.99. The SMILES string of the molecule is CCCc1cc(N2CCN(S(=O)(=O)c3cnn(C)c3)[C@H](Cc3ccccc3)C2)ccc1N(N)c1ccc(F)cc1. The van der Waals surface area contributed by atoms with E-state index in [-0.39, 0.29) is 16.8 Å². The highest BCUT2D eigenvalue weighted by atomic mass is 32.2. The summed E-state index contributed by atoms with van der Waals surface area (Å²) in [6.45, 7) is 3.58. The summed E-state index contributed by atoms with van der Waals surface area (Å²) >= 11 is 0. The molecule has 0 unspecified atom stereocenters. The van der Waals surface area contributed by atoms with Gasteiger partial charge < -0.3 is 4.90 Å². The van der Waals surface area contributed by atoms with E-state index in [1.54, 1.807) is 34.7 Å². The van der Waals surface area contributed by atoms with Crippen molar-refractivity contribution in [3.8, 4) is 0 Å². The van der Waals surface area contributed by atoms with E-state index in [2.05, 4.69) is 23.0 Å². The molecule has 2 heterocycles. The number of sulfonamides is 1. The van der Waals surface area contributed by atoms with Gasteiger partial charge in [-0.1, -0.05) is 43.7 Å². The normalized spacial score (nSPS) is 16.3. The largest absolute Gasteiger partial charge is 0.369 e. The van der Waals surface area contributed by atoms with E-state index in [9.17, 15) is 12.8 Å². The number of aryl methyl sites for hydroxylation is 2. The zero-order valence-electron chi connectivity index (χ0n) is 22.8. The molecule has 0 amide bonds. The van der Waals surface area contributed by atoms with Crippen molar-refractivity contribution in [3.63, 3.8) is 0 Å². The number of benzene rings is 3. The third kappa shape index (κ3) is 5.89. The number of rotatable bonds is 9. The molecule has 1 aromatic heterocycles. The van der Waals surface area contributed by atoms with Gasteiger partial charge in [0, 0.05) is 44.6 Å². The van der Waals surface area contributed by atoms with E-state index in [0.29, 0.717) is 31.7 Å². The number of hydrazine groups is 1. The number of aromatic nitrogens is 2. The quantitative estimate of drug-likeness (QED) is 0.236. The second-order valence-electron chi connectivity index (χ2n) is 10.2. The van der Waals surface area contributed by atoms with Gasteiger partial charge in [-0.3, -0.25) is 9.69 Å². The van der Waals surface area contributed by atoms with Gasteiger partial charge in [0.05, 0.1) is 17.6 Å². The molecule has 8 nitrogen and oxygen atoms in total. The first-order chi connectivity index (χ1) is 19.3. The first-order valence-electron chi connectivity index (χ1n) is 13.5. The Morgan fingerprint density at radius 3 is 2.48 bits per heavy atom. The van der Waals surface area contributed by atoms with Crippen molar-refractivity contribution in [3.05, 3.63) is 102 Å². The maximum absolute atomic E-state index is 13.7. The molecule has 1 aliphatic rings. The highest BCUT2D eigenvalue weighted by Gasteiger charge is 2.37. The lowest BCUT2D eigenvalue weighted by Crippen LogP contribution is -2.56. The molecule has 3 aromatic carbocycles. The number of halogens is 1. The lowest BCUT2D eigenvalue weighted by Gasteiger charge is -2.42. The Morgan fingerprint density at radius 2 is 1.80 bits per heavy atom. The van der Waals surface area contributed by atoms with Gasteiger partial charge in [-0.2, -0.15) is 9.40 Å². The molecule has 0 spiro atoms. The first kappa shape index (κ1) is 27.8. The molecule has 40 heavy (non-hydrogen) atoms.